The number of amides is 2. The standard InChI is InChI=1S/C12H18N2O3/c1-3-14(4-2)11(15)7-8-13-12(16)10-6-5-9-17-10/h5-6,9H,3-4,7-8H2,1-2H3,(H,13,16). The Morgan fingerprint density at radius 3 is 2.59 bits per heavy atom. The van der Waals surface area contributed by atoms with Crippen molar-refractivity contribution in [3.05, 3.63) is 24.2 Å². The molecule has 1 rings (SSSR count). The fraction of sp³-hybridized carbons (Fsp3) is 0.500. The van der Waals surface area contributed by atoms with Crippen molar-refractivity contribution in [2.24, 2.45) is 0 Å². The van der Waals surface area contributed by atoms with Gasteiger partial charge in [0, 0.05) is 26.1 Å². The highest BCUT2D eigenvalue weighted by molar-refractivity contribution is 5.91. The molecule has 0 radical (unpaired) electrons. The Labute approximate surface area is 101 Å². The molecule has 94 valence electrons. The predicted octanol–water partition coefficient (Wildman–Crippen LogP) is 1.27. The van der Waals surface area contributed by atoms with Gasteiger partial charge < -0.3 is 14.6 Å². The van der Waals surface area contributed by atoms with E-state index < -0.39 is 0 Å². The van der Waals surface area contributed by atoms with Gasteiger partial charge in [0.1, 0.15) is 0 Å². The van der Waals surface area contributed by atoms with Crippen LogP contribution in [0.5, 0.6) is 0 Å². The van der Waals surface area contributed by atoms with Gasteiger partial charge in [-0.1, -0.05) is 0 Å². The second-order valence-electron chi connectivity index (χ2n) is 3.55. The van der Waals surface area contributed by atoms with Crippen molar-refractivity contribution in [2.75, 3.05) is 19.6 Å². The average molecular weight is 238 g/mol. The van der Waals surface area contributed by atoms with Crippen LogP contribution in [-0.2, 0) is 4.79 Å². The van der Waals surface area contributed by atoms with Gasteiger partial charge in [0.15, 0.2) is 5.76 Å². The Morgan fingerprint density at radius 2 is 2.06 bits per heavy atom. The zero-order chi connectivity index (χ0) is 12.7. The van der Waals surface area contributed by atoms with Crippen molar-refractivity contribution in [1.82, 2.24) is 10.2 Å². The van der Waals surface area contributed by atoms with E-state index in [-0.39, 0.29) is 17.6 Å². The Kier molecular flexibility index (Phi) is 5.26. The molecule has 17 heavy (non-hydrogen) atoms. The van der Waals surface area contributed by atoms with Crippen molar-refractivity contribution in [2.45, 2.75) is 20.3 Å². The lowest BCUT2D eigenvalue weighted by Gasteiger charge is -2.18. The summed E-state index contributed by atoms with van der Waals surface area (Å²) in [7, 11) is 0. The first kappa shape index (κ1) is 13.3. The number of nitrogens with zero attached hydrogens (tertiary/aromatic N) is 1. The summed E-state index contributed by atoms with van der Waals surface area (Å²) in [5.74, 6) is 0.0254. The Bertz CT molecular complexity index is 356. The molecule has 1 aromatic rings. The lowest BCUT2D eigenvalue weighted by molar-refractivity contribution is -0.130. The lowest BCUT2D eigenvalue weighted by atomic mass is 10.3. The first-order valence-electron chi connectivity index (χ1n) is 5.78. The number of furan rings is 1. The van der Waals surface area contributed by atoms with Crippen molar-refractivity contribution in [3.8, 4) is 0 Å². The minimum Gasteiger partial charge on any atom is -0.459 e. The first-order valence-corrected chi connectivity index (χ1v) is 5.78. The summed E-state index contributed by atoms with van der Waals surface area (Å²) >= 11 is 0. The summed E-state index contributed by atoms with van der Waals surface area (Å²) in [6.45, 7) is 5.59. The molecule has 5 nitrogen and oxygen atoms in total. The van der Waals surface area contributed by atoms with Crippen LogP contribution >= 0.6 is 0 Å². The van der Waals surface area contributed by atoms with Gasteiger partial charge in [-0.25, -0.2) is 0 Å². The maximum absolute atomic E-state index is 11.6. The van der Waals surface area contributed by atoms with Crippen molar-refractivity contribution >= 4 is 11.8 Å². The molecule has 0 aliphatic heterocycles. The SMILES string of the molecule is CCN(CC)C(=O)CCNC(=O)c1ccco1. The van der Waals surface area contributed by atoms with Gasteiger partial charge in [-0.05, 0) is 26.0 Å². The number of carbonyl (C=O) groups excluding carboxylic acids is 2. The van der Waals surface area contributed by atoms with E-state index in [2.05, 4.69) is 5.32 Å². The minimum absolute atomic E-state index is 0.0507. The van der Waals surface area contributed by atoms with Crippen LogP contribution < -0.4 is 5.32 Å². The average Bonchev–Trinajstić information content (AvgIpc) is 2.84. The number of carbonyl (C=O) groups is 2. The summed E-state index contributed by atoms with van der Waals surface area (Å²) in [6.07, 6.45) is 1.75. The molecule has 0 aliphatic carbocycles. The molecule has 0 bridgehead atoms. The fourth-order valence-electron chi connectivity index (χ4n) is 1.51. The van der Waals surface area contributed by atoms with E-state index >= 15 is 0 Å². The molecule has 0 unspecified atom stereocenters. The fourth-order valence-corrected chi connectivity index (χ4v) is 1.51. The second kappa shape index (κ2) is 6.73. The summed E-state index contributed by atoms with van der Waals surface area (Å²) in [6, 6.07) is 3.23. The van der Waals surface area contributed by atoms with E-state index in [0.29, 0.717) is 26.1 Å². The first-order chi connectivity index (χ1) is 8.19. The minimum atomic E-state index is -0.289. The zero-order valence-corrected chi connectivity index (χ0v) is 10.2. The molecule has 1 N–H and O–H groups in total. The van der Waals surface area contributed by atoms with Gasteiger partial charge in [0.05, 0.1) is 6.26 Å². The normalized spacial score (nSPS) is 10.0. The third kappa shape index (κ3) is 3.94. The van der Waals surface area contributed by atoms with Gasteiger partial charge in [0.25, 0.3) is 5.91 Å². The molecule has 0 spiro atoms. The molecule has 1 heterocycles. The Balaban J connectivity index is 2.28. The third-order valence-electron chi connectivity index (χ3n) is 2.49. The predicted molar refractivity (Wildman–Crippen MR) is 63.6 cm³/mol. The van der Waals surface area contributed by atoms with Crippen molar-refractivity contribution in [3.63, 3.8) is 0 Å². The molecule has 0 saturated heterocycles. The highest BCUT2D eigenvalue weighted by Gasteiger charge is 2.11. The van der Waals surface area contributed by atoms with E-state index in [1.807, 2.05) is 13.8 Å². The number of nitrogens with one attached hydrogen (secondary N) is 1. The summed E-state index contributed by atoms with van der Waals surface area (Å²) in [4.78, 5) is 24.8. The van der Waals surface area contributed by atoms with Crippen LogP contribution in [0.4, 0.5) is 0 Å². The zero-order valence-electron chi connectivity index (χ0n) is 10.2. The van der Waals surface area contributed by atoms with Crippen LogP contribution in [0.25, 0.3) is 0 Å². The van der Waals surface area contributed by atoms with Crippen LogP contribution in [0.3, 0.4) is 0 Å². The van der Waals surface area contributed by atoms with Gasteiger partial charge in [-0.15, -0.1) is 0 Å². The molecule has 0 aromatic carbocycles. The highest BCUT2D eigenvalue weighted by Crippen LogP contribution is 1.99. The summed E-state index contributed by atoms with van der Waals surface area (Å²) < 4.78 is 4.94. The third-order valence-corrected chi connectivity index (χ3v) is 2.49. The smallest absolute Gasteiger partial charge is 0.286 e. The van der Waals surface area contributed by atoms with E-state index in [9.17, 15) is 9.59 Å². The van der Waals surface area contributed by atoms with Gasteiger partial charge in [-0.3, -0.25) is 9.59 Å². The van der Waals surface area contributed by atoms with Gasteiger partial charge in [0.2, 0.25) is 5.91 Å². The van der Waals surface area contributed by atoms with E-state index in [0.717, 1.165) is 0 Å². The highest BCUT2D eigenvalue weighted by atomic mass is 16.3. The quantitative estimate of drug-likeness (QED) is 0.811. The Hall–Kier alpha value is -1.78. The maximum Gasteiger partial charge on any atom is 0.286 e. The molecule has 0 saturated carbocycles. The molecular weight excluding hydrogens is 220 g/mol. The monoisotopic (exact) mass is 238 g/mol. The summed E-state index contributed by atoms with van der Waals surface area (Å²) in [5.41, 5.74) is 0. The second-order valence-corrected chi connectivity index (χ2v) is 3.55. The summed E-state index contributed by atoms with van der Waals surface area (Å²) in [5, 5.41) is 2.64. The van der Waals surface area contributed by atoms with Crippen LogP contribution in [-0.4, -0.2) is 36.3 Å². The van der Waals surface area contributed by atoms with E-state index in [4.69, 9.17) is 4.42 Å². The van der Waals surface area contributed by atoms with Crippen molar-refractivity contribution in [1.29, 1.82) is 0 Å². The maximum atomic E-state index is 11.6. The van der Waals surface area contributed by atoms with E-state index in [1.165, 1.54) is 6.26 Å². The molecule has 0 aliphatic rings. The van der Waals surface area contributed by atoms with Crippen LogP contribution in [0.15, 0.2) is 22.8 Å². The number of hydrogen-bond donors (Lipinski definition) is 1. The van der Waals surface area contributed by atoms with Crippen LogP contribution in [0.1, 0.15) is 30.8 Å². The largest absolute Gasteiger partial charge is 0.459 e. The topological polar surface area (TPSA) is 62.6 Å². The molecular formula is C12H18N2O3. The molecule has 2 amide bonds. The van der Waals surface area contributed by atoms with Crippen LogP contribution in [0, 0.1) is 0 Å². The Morgan fingerprint density at radius 1 is 1.35 bits per heavy atom. The molecule has 1 aromatic heterocycles. The lowest BCUT2D eigenvalue weighted by Crippen LogP contribution is -2.34. The number of hydrogen-bond acceptors (Lipinski definition) is 3. The molecule has 0 atom stereocenters. The molecule has 0 fully saturated rings. The van der Waals surface area contributed by atoms with Gasteiger partial charge in [-0.2, -0.15) is 0 Å². The van der Waals surface area contributed by atoms with Gasteiger partial charge >= 0.3 is 0 Å². The number of rotatable bonds is 6. The van der Waals surface area contributed by atoms with Crippen LogP contribution in [0.2, 0.25) is 0 Å². The molecule has 5 heteroatoms. The van der Waals surface area contributed by atoms with Crippen molar-refractivity contribution < 1.29 is 14.0 Å². The van der Waals surface area contributed by atoms with E-state index in [1.54, 1.807) is 17.0 Å².